The molecule has 1 rings (SSSR count). The number of nitrogens with one attached hydrogen (secondary N) is 1. The Morgan fingerprint density at radius 1 is 1.10 bits per heavy atom. The summed E-state index contributed by atoms with van der Waals surface area (Å²) in [5.41, 5.74) is -1.17. The maximum atomic E-state index is 14.2. The number of hydrogen-bond donors (Lipinski definition) is 1. The minimum atomic E-state index is -2.23. The zero-order valence-corrected chi connectivity index (χ0v) is 16.3. The van der Waals surface area contributed by atoms with Gasteiger partial charge in [-0.25, -0.2) is 14.0 Å². The Balaban J connectivity index is 3.00. The van der Waals surface area contributed by atoms with E-state index < -0.39 is 65.1 Å². The molecule has 0 aliphatic heterocycles. The third-order valence-electron chi connectivity index (χ3n) is 3.40. The molecule has 1 aromatic rings. The van der Waals surface area contributed by atoms with E-state index in [4.69, 9.17) is 9.47 Å². The van der Waals surface area contributed by atoms with E-state index in [0.717, 1.165) is 12.1 Å². The van der Waals surface area contributed by atoms with Gasteiger partial charge < -0.3 is 14.8 Å². The van der Waals surface area contributed by atoms with Gasteiger partial charge in [-0.3, -0.25) is 14.9 Å². The van der Waals surface area contributed by atoms with Crippen molar-refractivity contribution in [2.24, 2.45) is 0 Å². The van der Waals surface area contributed by atoms with Crippen LogP contribution in [0.15, 0.2) is 18.2 Å². The van der Waals surface area contributed by atoms with E-state index in [-0.39, 0.29) is 5.56 Å². The number of hydrogen-bond acceptors (Lipinski definition) is 7. The van der Waals surface area contributed by atoms with E-state index in [2.05, 4.69) is 5.32 Å². The van der Waals surface area contributed by atoms with Crippen LogP contribution in [0.25, 0.3) is 0 Å². The summed E-state index contributed by atoms with van der Waals surface area (Å²) >= 11 is 0. The first kappa shape index (κ1) is 23.9. The third kappa shape index (κ3) is 7.43. The van der Waals surface area contributed by atoms with Gasteiger partial charge in [0.1, 0.15) is 6.04 Å². The monoisotopic (exact) mass is 416 g/mol. The Bertz CT molecular complexity index is 783. The quantitative estimate of drug-likeness (QED) is 0.372. The fraction of sp³-hybridized carbons (Fsp3) is 0.500. The summed E-state index contributed by atoms with van der Waals surface area (Å²) in [5.74, 6) is -4.48. The van der Waals surface area contributed by atoms with E-state index in [1.165, 1.54) is 27.7 Å². The fourth-order valence-corrected chi connectivity index (χ4v) is 2.18. The summed E-state index contributed by atoms with van der Waals surface area (Å²) in [7, 11) is 0. The molecular weight excluding hydrogens is 394 g/mol. The second-order valence-electron chi connectivity index (χ2n) is 6.62. The summed E-state index contributed by atoms with van der Waals surface area (Å²) in [4.78, 5) is 45.9. The van der Waals surface area contributed by atoms with E-state index in [9.17, 15) is 33.3 Å². The highest BCUT2D eigenvalue weighted by Crippen LogP contribution is 2.18. The highest BCUT2D eigenvalue weighted by atomic mass is 19.1. The Hall–Kier alpha value is -3.11. The number of ether oxygens (including phenoxy) is 2. The standard InChI is InChI=1S/C18H22F2N2O7/c1-9(2)28-17(24)13(20)8-14(18(25)29-10(3)4)21-16(23)11-5-6-15(22(26)27)12(19)7-11/h5-7,9-10,13-14H,8H2,1-4H3,(H,21,23)/t13-,14+/m1/s1. The summed E-state index contributed by atoms with van der Waals surface area (Å²) in [5, 5.41) is 12.8. The van der Waals surface area contributed by atoms with E-state index in [1.54, 1.807) is 0 Å². The van der Waals surface area contributed by atoms with Crippen molar-refractivity contribution < 1.29 is 37.6 Å². The van der Waals surface area contributed by atoms with E-state index >= 15 is 0 Å². The molecule has 0 aromatic heterocycles. The number of nitrogens with zero attached hydrogens (tertiary/aromatic N) is 1. The van der Waals surface area contributed by atoms with Crippen LogP contribution in [0.2, 0.25) is 0 Å². The van der Waals surface area contributed by atoms with Crippen molar-refractivity contribution in [2.45, 2.75) is 58.5 Å². The van der Waals surface area contributed by atoms with Crippen molar-refractivity contribution in [1.29, 1.82) is 0 Å². The Labute approximate surface area is 165 Å². The lowest BCUT2D eigenvalue weighted by Gasteiger charge is -2.21. The molecule has 2 atom stereocenters. The lowest BCUT2D eigenvalue weighted by atomic mass is 10.1. The van der Waals surface area contributed by atoms with Crippen molar-refractivity contribution in [3.05, 3.63) is 39.7 Å². The van der Waals surface area contributed by atoms with E-state index in [0.29, 0.717) is 6.07 Å². The second kappa shape index (κ2) is 10.4. The number of alkyl halides is 1. The van der Waals surface area contributed by atoms with Crippen LogP contribution in [0.1, 0.15) is 44.5 Å². The van der Waals surface area contributed by atoms with Crippen LogP contribution in [0.3, 0.4) is 0 Å². The molecule has 0 aliphatic carbocycles. The molecule has 0 saturated heterocycles. The largest absolute Gasteiger partial charge is 0.461 e. The highest BCUT2D eigenvalue weighted by molar-refractivity contribution is 5.97. The Morgan fingerprint density at radius 3 is 2.14 bits per heavy atom. The first-order valence-corrected chi connectivity index (χ1v) is 8.72. The van der Waals surface area contributed by atoms with Gasteiger partial charge in [-0.15, -0.1) is 0 Å². The van der Waals surface area contributed by atoms with Gasteiger partial charge in [-0.1, -0.05) is 0 Å². The lowest BCUT2D eigenvalue weighted by Crippen LogP contribution is -2.45. The molecule has 0 aliphatic rings. The molecule has 0 radical (unpaired) electrons. The molecule has 1 N–H and O–H groups in total. The van der Waals surface area contributed by atoms with Gasteiger partial charge in [0.25, 0.3) is 5.91 Å². The van der Waals surface area contributed by atoms with E-state index in [1.807, 2.05) is 0 Å². The van der Waals surface area contributed by atoms with Gasteiger partial charge in [0.15, 0.2) is 6.17 Å². The van der Waals surface area contributed by atoms with Crippen molar-refractivity contribution in [3.8, 4) is 0 Å². The molecule has 0 heterocycles. The molecule has 1 aromatic carbocycles. The van der Waals surface area contributed by atoms with Crippen molar-refractivity contribution in [2.75, 3.05) is 0 Å². The van der Waals surface area contributed by atoms with Crippen LogP contribution in [0, 0.1) is 15.9 Å². The molecule has 9 nitrogen and oxygen atoms in total. The molecule has 160 valence electrons. The van der Waals surface area contributed by atoms with Crippen LogP contribution >= 0.6 is 0 Å². The summed E-state index contributed by atoms with van der Waals surface area (Å²) in [6.45, 7) is 6.09. The SMILES string of the molecule is CC(C)OC(=O)[C@H](F)C[C@H](NC(=O)c1ccc([N+](=O)[O-])c(F)c1)C(=O)OC(C)C. The number of nitro groups is 1. The zero-order chi connectivity index (χ0) is 22.3. The second-order valence-corrected chi connectivity index (χ2v) is 6.62. The molecule has 0 saturated carbocycles. The van der Waals surface area contributed by atoms with Crippen molar-refractivity contribution in [1.82, 2.24) is 5.32 Å². The molecule has 29 heavy (non-hydrogen) atoms. The maximum Gasteiger partial charge on any atom is 0.341 e. The normalized spacial score (nSPS) is 13.0. The number of esters is 2. The minimum Gasteiger partial charge on any atom is -0.461 e. The molecule has 11 heteroatoms. The number of nitro benzene ring substituents is 1. The number of benzene rings is 1. The fourth-order valence-electron chi connectivity index (χ4n) is 2.18. The zero-order valence-electron chi connectivity index (χ0n) is 16.3. The topological polar surface area (TPSA) is 125 Å². The number of rotatable bonds is 9. The average Bonchev–Trinajstić information content (AvgIpc) is 2.59. The first-order chi connectivity index (χ1) is 13.4. The van der Waals surface area contributed by atoms with Crippen LogP contribution in [-0.2, 0) is 19.1 Å². The maximum absolute atomic E-state index is 14.2. The van der Waals surface area contributed by atoms with Crippen LogP contribution in [-0.4, -0.2) is 47.2 Å². The van der Waals surface area contributed by atoms with Gasteiger partial charge in [-0.2, -0.15) is 4.39 Å². The van der Waals surface area contributed by atoms with Gasteiger partial charge in [0, 0.05) is 18.1 Å². The predicted molar refractivity (Wildman–Crippen MR) is 96.3 cm³/mol. The molecule has 0 spiro atoms. The first-order valence-electron chi connectivity index (χ1n) is 8.72. The molecular formula is C18H22F2N2O7. The number of carbonyl (C=O) groups is 3. The molecule has 1 amide bonds. The lowest BCUT2D eigenvalue weighted by molar-refractivity contribution is -0.387. The number of carbonyl (C=O) groups excluding carboxylic acids is 3. The molecule has 0 bridgehead atoms. The van der Waals surface area contributed by atoms with Crippen LogP contribution in [0.4, 0.5) is 14.5 Å². The molecule has 0 fully saturated rings. The van der Waals surface area contributed by atoms with Crippen molar-refractivity contribution in [3.63, 3.8) is 0 Å². The van der Waals surface area contributed by atoms with Gasteiger partial charge in [0.2, 0.25) is 5.82 Å². The Kier molecular flexibility index (Phi) is 8.61. The Morgan fingerprint density at radius 2 is 1.66 bits per heavy atom. The van der Waals surface area contributed by atoms with Gasteiger partial charge >= 0.3 is 17.6 Å². The summed E-state index contributed by atoms with van der Waals surface area (Å²) in [6, 6.07) is 0.793. The summed E-state index contributed by atoms with van der Waals surface area (Å²) < 4.78 is 37.6. The minimum absolute atomic E-state index is 0.337. The predicted octanol–water partition coefficient (Wildman–Crippen LogP) is 2.46. The van der Waals surface area contributed by atoms with Crippen LogP contribution in [0.5, 0.6) is 0 Å². The summed E-state index contributed by atoms with van der Waals surface area (Å²) in [6.07, 6.45) is -4.16. The van der Waals surface area contributed by atoms with Crippen molar-refractivity contribution >= 4 is 23.5 Å². The number of amides is 1. The third-order valence-corrected chi connectivity index (χ3v) is 3.40. The van der Waals surface area contributed by atoms with Gasteiger partial charge in [0.05, 0.1) is 17.1 Å². The highest BCUT2D eigenvalue weighted by Gasteiger charge is 2.32. The number of halogens is 2. The molecule has 0 unspecified atom stereocenters. The van der Waals surface area contributed by atoms with Gasteiger partial charge in [-0.05, 0) is 39.8 Å². The smallest absolute Gasteiger partial charge is 0.341 e. The average molecular weight is 416 g/mol. The van der Waals surface area contributed by atoms with Crippen LogP contribution < -0.4 is 5.32 Å².